The molecule has 0 spiro atoms. The molecule has 216 valence electrons. The minimum atomic E-state index is -2.90. The van der Waals surface area contributed by atoms with Crippen LogP contribution < -0.4 is 15.6 Å². The molecule has 0 amide bonds. The number of Topliss-reactive ketones (excluding diaryl/α,β-unsaturated/α-hetero) is 1. The first-order chi connectivity index (χ1) is 20.4. The molecule has 4 aliphatic carbocycles. The van der Waals surface area contributed by atoms with E-state index in [9.17, 15) is 9.59 Å². The fraction of sp³-hybridized carbons (Fsp3) is 0.421. The molecule has 6 atom stereocenters. The lowest BCUT2D eigenvalue weighted by Gasteiger charge is -2.60. The number of benzene rings is 3. The van der Waals surface area contributed by atoms with Crippen LogP contribution in [-0.2, 0) is 14.0 Å². The first kappa shape index (κ1) is 27.7. The quantitative estimate of drug-likeness (QED) is 0.268. The monoisotopic (exact) mass is 574 g/mol. The van der Waals surface area contributed by atoms with E-state index in [1.165, 1.54) is 21.1 Å². The van der Waals surface area contributed by atoms with Crippen LogP contribution in [-0.4, -0.2) is 26.5 Å². The molecule has 0 N–H and O–H groups in total. The molecule has 0 radical (unpaired) electrons. The van der Waals surface area contributed by atoms with E-state index in [0.717, 1.165) is 38.5 Å². The third-order valence-corrected chi connectivity index (χ3v) is 15.8. The normalized spacial score (nSPS) is 32.5. The topological polar surface area (TPSA) is 43.4 Å². The zero-order valence-electron chi connectivity index (χ0n) is 24.9. The molecular weight excluding hydrogens is 533 g/mol. The van der Waals surface area contributed by atoms with Gasteiger partial charge in [-0.25, -0.2) is 0 Å². The van der Waals surface area contributed by atoms with Gasteiger partial charge in [-0.3, -0.25) is 9.59 Å². The summed E-state index contributed by atoms with van der Waals surface area (Å²) in [6, 6.07) is 32.5. The zero-order chi connectivity index (χ0) is 29.0. The van der Waals surface area contributed by atoms with Gasteiger partial charge in [0.1, 0.15) is 5.78 Å². The molecule has 4 aliphatic rings. The number of ketones is 2. The van der Waals surface area contributed by atoms with Crippen LogP contribution in [0.5, 0.6) is 0 Å². The van der Waals surface area contributed by atoms with E-state index in [-0.39, 0.29) is 16.6 Å². The van der Waals surface area contributed by atoms with Crippen molar-refractivity contribution in [2.24, 2.45) is 34.5 Å². The fourth-order valence-electron chi connectivity index (χ4n) is 9.79. The number of carbonyl (C=O) groups excluding carboxylic acids is 2. The molecule has 0 heterocycles. The molecule has 3 aromatic carbocycles. The molecule has 0 unspecified atom stereocenters. The number of rotatable bonds is 6. The fourth-order valence-corrected chi connectivity index (χ4v) is 13.7. The molecule has 3 saturated carbocycles. The third-order valence-electron chi connectivity index (χ3n) is 11.8. The van der Waals surface area contributed by atoms with Crippen LogP contribution in [0.2, 0.25) is 0 Å². The lowest BCUT2D eigenvalue weighted by atomic mass is 9.45. The standard InChI is InChI=1S/C38H42O3Si/c1-27-24-32-33-18-19-36(40)37(33,2)22-21-34(32)38(23-20-28(39)25-35(27)38)26-41-42(29-12-6-3-7-13-29,30-14-8-4-9-15-30)31-16-10-5-11-17-31/h3-17,25,27,32-34H,18-24,26H2,1-2H3/t27-,32-,33-,34-,37-,38-/m0/s1. The van der Waals surface area contributed by atoms with Crippen molar-refractivity contribution in [2.75, 3.05) is 6.61 Å². The Morgan fingerprint density at radius 3 is 1.90 bits per heavy atom. The first-order valence-corrected chi connectivity index (χ1v) is 17.9. The van der Waals surface area contributed by atoms with Gasteiger partial charge in [0.2, 0.25) is 0 Å². The van der Waals surface area contributed by atoms with E-state index >= 15 is 0 Å². The third kappa shape index (κ3) is 4.17. The highest BCUT2D eigenvalue weighted by atomic mass is 28.4. The van der Waals surface area contributed by atoms with E-state index in [1.54, 1.807) is 0 Å². The number of hydrogen-bond acceptors (Lipinski definition) is 3. The van der Waals surface area contributed by atoms with Crippen LogP contribution in [0.1, 0.15) is 58.8 Å². The first-order valence-electron chi connectivity index (χ1n) is 16.0. The van der Waals surface area contributed by atoms with Crippen molar-refractivity contribution < 1.29 is 14.0 Å². The Bertz CT molecular complexity index is 1400. The molecule has 0 bridgehead atoms. The lowest BCUT2D eigenvalue weighted by molar-refractivity contribution is -0.134. The Morgan fingerprint density at radius 2 is 1.33 bits per heavy atom. The molecule has 0 aromatic heterocycles. The van der Waals surface area contributed by atoms with Crippen molar-refractivity contribution in [3.8, 4) is 0 Å². The van der Waals surface area contributed by atoms with Crippen LogP contribution in [0, 0.1) is 34.5 Å². The molecule has 3 nitrogen and oxygen atoms in total. The van der Waals surface area contributed by atoms with Gasteiger partial charge in [0.05, 0.1) is 0 Å². The SMILES string of the molecule is C[C@H]1C[C@@H]2[C@H](CC[C@]3(C)C(=O)CC[C@@H]23)[C@@]2(CO[Si](c3ccccc3)(c3ccccc3)c3ccccc3)CCC(=O)C=C12. The van der Waals surface area contributed by atoms with E-state index < -0.39 is 8.32 Å². The maximum atomic E-state index is 13.1. The molecule has 3 aromatic rings. The van der Waals surface area contributed by atoms with Crippen molar-refractivity contribution in [1.82, 2.24) is 0 Å². The van der Waals surface area contributed by atoms with Crippen LogP contribution in [0.3, 0.4) is 0 Å². The van der Waals surface area contributed by atoms with Gasteiger partial charge in [0.15, 0.2) is 5.78 Å². The molecular formula is C38H42O3Si. The lowest BCUT2D eigenvalue weighted by Crippen LogP contribution is -2.70. The second-order valence-corrected chi connectivity index (χ2v) is 17.1. The van der Waals surface area contributed by atoms with Gasteiger partial charge in [0, 0.05) is 30.3 Å². The Morgan fingerprint density at radius 1 is 0.762 bits per heavy atom. The maximum absolute atomic E-state index is 13.1. The van der Waals surface area contributed by atoms with Gasteiger partial charge in [-0.15, -0.1) is 0 Å². The minimum absolute atomic E-state index is 0.175. The molecule has 3 fully saturated rings. The summed E-state index contributed by atoms with van der Waals surface area (Å²) in [5, 5.41) is 3.73. The summed E-state index contributed by atoms with van der Waals surface area (Å²) in [6.07, 6.45) is 8.29. The summed E-state index contributed by atoms with van der Waals surface area (Å²) >= 11 is 0. The van der Waals surface area contributed by atoms with Crippen molar-refractivity contribution >= 4 is 35.4 Å². The summed E-state index contributed by atoms with van der Waals surface area (Å²) in [6.45, 7) is 5.19. The number of hydrogen-bond donors (Lipinski definition) is 0. The largest absolute Gasteiger partial charge is 0.403 e. The predicted octanol–water partition coefficient (Wildman–Crippen LogP) is 6.00. The van der Waals surface area contributed by atoms with Crippen molar-refractivity contribution in [3.63, 3.8) is 0 Å². The van der Waals surface area contributed by atoms with Crippen molar-refractivity contribution in [3.05, 3.63) is 103 Å². The highest BCUT2D eigenvalue weighted by Crippen LogP contribution is 2.65. The van der Waals surface area contributed by atoms with E-state index in [0.29, 0.717) is 42.5 Å². The van der Waals surface area contributed by atoms with Crippen molar-refractivity contribution in [1.29, 1.82) is 0 Å². The van der Waals surface area contributed by atoms with Crippen molar-refractivity contribution in [2.45, 2.75) is 58.8 Å². The minimum Gasteiger partial charge on any atom is -0.403 e. The molecule has 7 rings (SSSR count). The zero-order valence-corrected chi connectivity index (χ0v) is 25.9. The number of fused-ring (bicyclic) bond motifs is 5. The second-order valence-electron chi connectivity index (χ2n) is 13.7. The Kier molecular flexibility index (Phi) is 6.98. The molecule has 42 heavy (non-hydrogen) atoms. The molecule has 0 aliphatic heterocycles. The summed E-state index contributed by atoms with van der Waals surface area (Å²) in [4.78, 5) is 26.1. The predicted molar refractivity (Wildman–Crippen MR) is 171 cm³/mol. The van der Waals surface area contributed by atoms with Gasteiger partial charge in [-0.05, 0) is 77.4 Å². The van der Waals surface area contributed by atoms with Crippen LogP contribution in [0.25, 0.3) is 0 Å². The second kappa shape index (κ2) is 10.6. The summed E-state index contributed by atoms with van der Waals surface area (Å²) < 4.78 is 7.70. The summed E-state index contributed by atoms with van der Waals surface area (Å²) in [5.74, 6) is 2.44. The van der Waals surface area contributed by atoms with Crippen LogP contribution in [0.4, 0.5) is 0 Å². The Balaban J connectivity index is 1.37. The van der Waals surface area contributed by atoms with Gasteiger partial charge in [-0.2, -0.15) is 0 Å². The van der Waals surface area contributed by atoms with Gasteiger partial charge in [0.25, 0.3) is 8.32 Å². The average Bonchev–Trinajstić information content (AvgIpc) is 3.34. The van der Waals surface area contributed by atoms with E-state index in [1.807, 2.05) is 6.08 Å². The smallest absolute Gasteiger partial charge is 0.288 e. The Hall–Kier alpha value is -3.08. The summed E-state index contributed by atoms with van der Waals surface area (Å²) in [5.41, 5.74) is 0.968. The van der Waals surface area contributed by atoms with E-state index in [4.69, 9.17) is 4.43 Å². The average molecular weight is 575 g/mol. The van der Waals surface area contributed by atoms with Gasteiger partial charge in [-0.1, -0.05) is 110 Å². The highest BCUT2D eigenvalue weighted by Gasteiger charge is 2.62. The number of carbonyl (C=O) groups is 2. The van der Waals surface area contributed by atoms with E-state index in [2.05, 4.69) is 105 Å². The molecule has 4 heteroatoms. The summed E-state index contributed by atoms with van der Waals surface area (Å²) in [7, 11) is -2.90. The van der Waals surface area contributed by atoms with Crippen LogP contribution >= 0.6 is 0 Å². The molecule has 0 saturated heterocycles. The van der Waals surface area contributed by atoms with Crippen LogP contribution in [0.15, 0.2) is 103 Å². The van der Waals surface area contributed by atoms with Gasteiger partial charge >= 0.3 is 0 Å². The van der Waals surface area contributed by atoms with Gasteiger partial charge < -0.3 is 4.43 Å². The maximum Gasteiger partial charge on any atom is 0.288 e. The Labute approximate surface area is 251 Å². The highest BCUT2D eigenvalue weighted by molar-refractivity contribution is 7.07.